The first kappa shape index (κ1) is 14.4. The van der Waals surface area contributed by atoms with Gasteiger partial charge >= 0.3 is 5.97 Å². The van der Waals surface area contributed by atoms with E-state index >= 15 is 0 Å². The second-order valence-corrected chi connectivity index (χ2v) is 4.62. The van der Waals surface area contributed by atoms with Gasteiger partial charge in [0.15, 0.2) is 0 Å². The van der Waals surface area contributed by atoms with Gasteiger partial charge in [0.1, 0.15) is 11.6 Å². The molecule has 20 heavy (non-hydrogen) atoms. The van der Waals surface area contributed by atoms with Crippen molar-refractivity contribution < 1.29 is 18.1 Å². The van der Waals surface area contributed by atoms with Gasteiger partial charge in [-0.1, -0.05) is 12.1 Å². The lowest BCUT2D eigenvalue weighted by molar-refractivity contribution is 0.0768. The summed E-state index contributed by atoms with van der Waals surface area (Å²) >= 11 is 0.709. The molecule has 0 unspecified atom stereocenters. The Morgan fingerprint density at radius 1 is 1.15 bits per heavy atom. The highest BCUT2D eigenvalue weighted by Crippen LogP contribution is 2.24. The summed E-state index contributed by atoms with van der Waals surface area (Å²) in [6, 6.07) is 12.7. The Labute approximate surface area is 120 Å². The molecule has 0 saturated carbocycles. The first-order chi connectivity index (χ1) is 9.70. The van der Waals surface area contributed by atoms with Crippen LogP contribution in [0.1, 0.15) is 17.3 Å². The summed E-state index contributed by atoms with van der Waals surface area (Å²) in [5.41, 5.74) is 0.386. The monoisotopic (exact) mass is 292 g/mol. The van der Waals surface area contributed by atoms with Crippen LogP contribution in [0.5, 0.6) is 5.75 Å². The van der Waals surface area contributed by atoms with E-state index in [2.05, 4.69) is 0 Å². The maximum Gasteiger partial charge on any atom is 0.350 e. The van der Waals surface area contributed by atoms with Gasteiger partial charge in [-0.2, -0.15) is 0 Å². The zero-order valence-corrected chi connectivity index (χ0v) is 11.7. The van der Waals surface area contributed by atoms with Crippen LogP contribution in [-0.2, 0) is 4.18 Å². The van der Waals surface area contributed by atoms with E-state index in [9.17, 15) is 9.18 Å². The molecule has 0 atom stereocenters. The maximum absolute atomic E-state index is 13.4. The molecule has 0 aliphatic heterocycles. The maximum atomic E-state index is 13.4. The summed E-state index contributed by atoms with van der Waals surface area (Å²) in [7, 11) is 0. The minimum Gasteiger partial charge on any atom is -0.494 e. The van der Waals surface area contributed by atoms with Gasteiger partial charge in [-0.15, -0.1) is 0 Å². The van der Waals surface area contributed by atoms with E-state index in [0.717, 1.165) is 0 Å². The smallest absolute Gasteiger partial charge is 0.350 e. The Morgan fingerprint density at radius 2 is 1.85 bits per heavy atom. The molecular formula is C15H13FO3S. The first-order valence-electron chi connectivity index (χ1n) is 6.07. The van der Waals surface area contributed by atoms with E-state index in [4.69, 9.17) is 8.92 Å². The van der Waals surface area contributed by atoms with Crippen LogP contribution >= 0.6 is 12.0 Å². The Balaban J connectivity index is 1.96. The predicted molar refractivity (Wildman–Crippen MR) is 75.3 cm³/mol. The summed E-state index contributed by atoms with van der Waals surface area (Å²) in [5.74, 6) is -0.260. The molecule has 0 fully saturated rings. The van der Waals surface area contributed by atoms with Crippen LogP contribution in [-0.4, -0.2) is 12.6 Å². The van der Waals surface area contributed by atoms with Crippen LogP contribution in [0.3, 0.4) is 0 Å². The Hall–Kier alpha value is -2.01. The molecule has 0 amide bonds. The molecule has 0 radical (unpaired) electrons. The van der Waals surface area contributed by atoms with E-state index in [1.807, 2.05) is 6.92 Å². The fourth-order valence-corrected chi connectivity index (χ4v) is 2.04. The number of hydrogen-bond donors (Lipinski definition) is 0. The molecule has 0 aliphatic carbocycles. The van der Waals surface area contributed by atoms with Crippen molar-refractivity contribution in [3.8, 4) is 5.75 Å². The molecule has 0 aromatic heterocycles. The molecular weight excluding hydrogens is 279 g/mol. The number of benzene rings is 2. The Morgan fingerprint density at radius 3 is 2.50 bits per heavy atom. The van der Waals surface area contributed by atoms with E-state index in [0.29, 0.717) is 30.0 Å². The average molecular weight is 292 g/mol. The molecule has 0 spiro atoms. The SMILES string of the molecule is CCOc1ccc(C(=O)OSc2ccccc2F)cc1. The van der Waals surface area contributed by atoms with Gasteiger partial charge in [0.05, 0.1) is 29.1 Å². The quantitative estimate of drug-likeness (QED) is 0.778. The largest absolute Gasteiger partial charge is 0.494 e. The number of halogens is 1. The number of rotatable bonds is 5. The van der Waals surface area contributed by atoms with Gasteiger partial charge in [-0.05, 0) is 43.3 Å². The van der Waals surface area contributed by atoms with Crippen molar-refractivity contribution in [3.63, 3.8) is 0 Å². The summed E-state index contributed by atoms with van der Waals surface area (Å²) in [6.07, 6.45) is 0. The second kappa shape index (κ2) is 6.96. The number of carbonyl (C=O) groups excluding carboxylic acids is 1. The standard InChI is InChI=1S/C15H13FO3S/c1-2-18-12-9-7-11(8-10-12)15(17)19-20-14-6-4-3-5-13(14)16/h3-10H,2H2,1H3. The van der Waals surface area contributed by atoms with Crippen molar-refractivity contribution in [1.82, 2.24) is 0 Å². The van der Waals surface area contributed by atoms with Crippen LogP contribution in [0, 0.1) is 5.82 Å². The third-order valence-corrected chi connectivity index (χ3v) is 3.19. The molecule has 5 heteroatoms. The Bertz CT molecular complexity index is 584. The first-order valence-corrected chi connectivity index (χ1v) is 6.81. The predicted octanol–water partition coefficient (Wildman–Crippen LogP) is 4.09. The minimum atomic E-state index is -0.527. The molecule has 0 saturated heterocycles. The van der Waals surface area contributed by atoms with E-state index in [1.54, 1.807) is 42.5 Å². The van der Waals surface area contributed by atoms with Crippen molar-refractivity contribution in [2.45, 2.75) is 11.8 Å². The third-order valence-electron chi connectivity index (χ3n) is 2.44. The minimum absolute atomic E-state index is 0.270. The average Bonchev–Trinajstić information content (AvgIpc) is 2.47. The van der Waals surface area contributed by atoms with Gasteiger partial charge < -0.3 is 8.92 Å². The number of carbonyl (C=O) groups is 1. The summed E-state index contributed by atoms with van der Waals surface area (Å²) < 4.78 is 23.6. The molecule has 0 bridgehead atoms. The van der Waals surface area contributed by atoms with E-state index in [-0.39, 0.29) is 4.90 Å². The summed E-state index contributed by atoms with van der Waals surface area (Å²) in [4.78, 5) is 12.1. The van der Waals surface area contributed by atoms with Crippen molar-refractivity contribution in [2.75, 3.05) is 6.61 Å². The normalized spacial score (nSPS) is 10.1. The van der Waals surface area contributed by atoms with Crippen LogP contribution in [0.2, 0.25) is 0 Å². The van der Waals surface area contributed by atoms with Gasteiger partial charge in [0.2, 0.25) is 0 Å². The number of ether oxygens (including phenoxy) is 1. The molecule has 0 N–H and O–H groups in total. The lowest BCUT2D eigenvalue weighted by atomic mass is 10.2. The molecule has 104 valence electrons. The lowest BCUT2D eigenvalue weighted by Crippen LogP contribution is -2.00. The van der Waals surface area contributed by atoms with Gasteiger partial charge in [0.25, 0.3) is 0 Å². The highest BCUT2D eigenvalue weighted by atomic mass is 32.2. The van der Waals surface area contributed by atoms with Crippen LogP contribution in [0.4, 0.5) is 4.39 Å². The van der Waals surface area contributed by atoms with Crippen molar-refractivity contribution in [2.24, 2.45) is 0 Å². The third kappa shape index (κ3) is 3.74. The second-order valence-electron chi connectivity index (χ2n) is 3.84. The highest BCUT2D eigenvalue weighted by molar-refractivity contribution is 7.95. The molecule has 0 aliphatic rings. The summed E-state index contributed by atoms with van der Waals surface area (Å²) in [6.45, 7) is 2.44. The van der Waals surface area contributed by atoms with Gasteiger partial charge in [-0.3, -0.25) is 0 Å². The topological polar surface area (TPSA) is 35.5 Å². The fraction of sp³-hybridized carbons (Fsp3) is 0.133. The van der Waals surface area contributed by atoms with E-state index in [1.165, 1.54) is 6.07 Å². The molecule has 2 aromatic carbocycles. The molecule has 0 heterocycles. The molecule has 2 rings (SSSR count). The van der Waals surface area contributed by atoms with Crippen LogP contribution < -0.4 is 4.74 Å². The highest BCUT2D eigenvalue weighted by Gasteiger charge is 2.10. The lowest BCUT2D eigenvalue weighted by Gasteiger charge is -2.05. The van der Waals surface area contributed by atoms with E-state index < -0.39 is 11.8 Å². The van der Waals surface area contributed by atoms with Crippen molar-refractivity contribution in [1.29, 1.82) is 0 Å². The Kier molecular flexibility index (Phi) is 5.01. The zero-order valence-electron chi connectivity index (χ0n) is 10.8. The molecule has 3 nitrogen and oxygen atoms in total. The van der Waals surface area contributed by atoms with Gasteiger partial charge in [0, 0.05) is 0 Å². The summed E-state index contributed by atoms with van der Waals surface area (Å²) in [5, 5.41) is 0. The van der Waals surface area contributed by atoms with Crippen molar-refractivity contribution >= 4 is 18.0 Å². The molecule has 2 aromatic rings. The van der Waals surface area contributed by atoms with Crippen molar-refractivity contribution in [3.05, 3.63) is 59.9 Å². The number of hydrogen-bond acceptors (Lipinski definition) is 4. The fourth-order valence-electron chi connectivity index (χ4n) is 1.50. The van der Waals surface area contributed by atoms with Gasteiger partial charge in [-0.25, -0.2) is 9.18 Å². The van der Waals surface area contributed by atoms with Crippen LogP contribution in [0.25, 0.3) is 0 Å². The van der Waals surface area contributed by atoms with Crippen LogP contribution in [0.15, 0.2) is 53.4 Å². The zero-order chi connectivity index (χ0) is 14.4.